The number of hydrogen-bond acceptors (Lipinski definition) is 2. The van der Waals surface area contributed by atoms with E-state index in [0.717, 1.165) is 29.7 Å². The normalized spacial score (nSPS) is 9.80. The fraction of sp³-hybridized carbons (Fsp3) is 0.364. The second-order valence-corrected chi connectivity index (χ2v) is 3.26. The lowest BCUT2D eigenvalue weighted by atomic mass is 10.0. The molecule has 4 N–H and O–H groups in total. The van der Waals surface area contributed by atoms with Gasteiger partial charge in [0, 0.05) is 5.69 Å². The van der Waals surface area contributed by atoms with Gasteiger partial charge in [-0.25, -0.2) is 10.6 Å². The van der Waals surface area contributed by atoms with Gasteiger partial charge >= 0.3 is 6.03 Å². The van der Waals surface area contributed by atoms with E-state index in [4.69, 9.17) is 5.84 Å². The molecule has 0 saturated heterocycles. The molecule has 0 fully saturated rings. The summed E-state index contributed by atoms with van der Waals surface area (Å²) in [7, 11) is 0. The second kappa shape index (κ2) is 5.36. The molecule has 0 aliphatic carbocycles. The summed E-state index contributed by atoms with van der Waals surface area (Å²) < 4.78 is 0. The highest BCUT2D eigenvalue weighted by Crippen LogP contribution is 2.22. The number of para-hydroxylation sites is 1. The Bertz CT molecular complexity index is 327. The van der Waals surface area contributed by atoms with Gasteiger partial charge in [-0.1, -0.05) is 32.0 Å². The van der Waals surface area contributed by atoms with Crippen LogP contribution in [0.4, 0.5) is 10.5 Å². The van der Waals surface area contributed by atoms with Gasteiger partial charge in [-0.3, -0.25) is 5.43 Å². The molecule has 0 radical (unpaired) electrons. The summed E-state index contributed by atoms with van der Waals surface area (Å²) >= 11 is 0. The Morgan fingerprint density at radius 3 is 2.20 bits per heavy atom. The van der Waals surface area contributed by atoms with Crippen molar-refractivity contribution in [1.29, 1.82) is 0 Å². The highest BCUT2D eigenvalue weighted by molar-refractivity contribution is 5.90. The molecule has 4 heteroatoms. The number of aryl methyl sites for hydroxylation is 2. The Kier molecular flexibility index (Phi) is 4.12. The standard InChI is InChI=1S/C11H17N3O/c1-3-8-6-5-7-9(4-2)10(8)13-11(15)14-12/h5-7H,3-4,12H2,1-2H3,(H2,13,14,15). The first kappa shape index (κ1) is 11.5. The van der Waals surface area contributed by atoms with Crippen molar-refractivity contribution in [3.05, 3.63) is 29.3 Å². The summed E-state index contributed by atoms with van der Waals surface area (Å²) in [5.41, 5.74) is 5.19. The van der Waals surface area contributed by atoms with Crippen LogP contribution in [0.25, 0.3) is 0 Å². The van der Waals surface area contributed by atoms with Gasteiger partial charge in [-0.15, -0.1) is 0 Å². The van der Waals surface area contributed by atoms with E-state index in [9.17, 15) is 4.79 Å². The maximum atomic E-state index is 11.2. The third kappa shape index (κ3) is 2.70. The molecule has 82 valence electrons. The van der Waals surface area contributed by atoms with Gasteiger partial charge in [0.25, 0.3) is 0 Å². The average molecular weight is 207 g/mol. The highest BCUT2D eigenvalue weighted by Gasteiger charge is 2.08. The zero-order valence-electron chi connectivity index (χ0n) is 9.13. The summed E-state index contributed by atoms with van der Waals surface area (Å²) in [5, 5.41) is 2.76. The SMILES string of the molecule is CCc1cccc(CC)c1NC(=O)NN. The number of nitrogens with two attached hydrogens (primary N) is 1. The molecular weight excluding hydrogens is 190 g/mol. The number of nitrogens with one attached hydrogen (secondary N) is 2. The van der Waals surface area contributed by atoms with Crippen molar-refractivity contribution in [2.45, 2.75) is 26.7 Å². The molecule has 0 atom stereocenters. The van der Waals surface area contributed by atoms with Crippen LogP contribution < -0.4 is 16.6 Å². The molecule has 0 aromatic heterocycles. The third-order valence-electron chi connectivity index (χ3n) is 2.37. The summed E-state index contributed by atoms with van der Waals surface area (Å²) in [4.78, 5) is 11.2. The maximum Gasteiger partial charge on any atom is 0.333 e. The lowest BCUT2D eigenvalue weighted by Crippen LogP contribution is -2.34. The number of benzene rings is 1. The van der Waals surface area contributed by atoms with Crippen LogP contribution >= 0.6 is 0 Å². The number of rotatable bonds is 3. The van der Waals surface area contributed by atoms with Crippen LogP contribution in [0.1, 0.15) is 25.0 Å². The molecule has 0 spiro atoms. The third-order valence-corrected chi connectivity index (χ3v) is 2.37. The molecule has 1 aromatic carbocycles. The van der Waals surface area contributed by atoms with Crippen molar-refractivity contribution < 1.29 is 4.79 Å². The van der Waals surface area contributed by atoms with Crippen LogP contribution in [0.3, 0.4) is 0 Å². The molecule has 0 heterocycles. The summed E-state index contributed by atoms with van der Waals surface area (Å²) in [6.07, 6.45) is 1.77. The quantitative estimate of drug-likeness (QED) is 0.402. The molecule has 0 unspecified atom stereocenters. The summed E-state index contributed by atoms with van der Waals surface area (Å²) in [6.45, 7) is 4.11. The number of amides is 2. The fourth-order valence-electron chi connectivity index (χ4n) is 1.55. The van der Waals surface area contributed by atoms with Gasteiger partial charge in [-0.2, -0.15) is 0 Å². The molecule has 4 nitrogen and oxygen atoms in total. The van der Waals surface area contributed by atoms with E-state index < -0.39 is 0 Å². The van der Waals surface area contributed by atoms with Crippen LogP contribution in [-0.2, 0) is 12.8 Å². The van der Waals surface area contributed by atoms with Crippen LogP contribution in [0.5, 0.6) is 0 Å². The lowest BCUT2D eigenvalue weighted by Gasteiger charge is -2.13. The lowest BCUT2D eigenvalue weighted by molar-refractivity contribution is 0.252. The number of carbonyl (C=O) groups excluding carboxylic acids is 1. The van der Waals surface area contributed by atoms with Crippen LogP contribution in [0.2, 0.25) is 0 Å². The van der Waals surface area contributed by atoms with Crippen molar-refractivity contribution in [3.63, 3.8) is 0 Å². The average Bonchev–Trinajstić information content (AvgIpc) is 2.29. The number of carbonyl (C=O) groups is 1. The van der Waals surface area contributed by atoms with Crippen LogP contribution in [-0.4, -0.2) is 6.03 Å². The van der Waals surface area contributed by atoms with Crippen LogP contribution in [0, 0.1) is 0 Å². The van der Waals surface area contributed by atoms with E-state index in [1.165, 1.54) is 0 Å². The predicted octanol–water partition coefficient (Wildman–Crippen LogP) is 1.81. The van der Waals surface area contributed by atoms with Crippen molar-refractivity contribution in [1.82, 2.24) is 5.43 Å². The number of hydrogen-bond donors (Lipinski definition) is 3. The highest BCUT2D eigenvalue weighted by atomic mass is 16.2. The smallest absolute Gasteiger partial charge is 0.306 e. The Labute approximate surface area is 89.8 Å². The second-order valence-electron chi connectivity index (χ2n) is 3.26. The molecule has 1 rings (SSSR count). The van der Waals surface area contributed by atoms with E-state index in [1.807, 2.05) is 18.2 Å². The first-order valence-electron chi connectivity index (χ1n) is 5.11. The van der Waals surface area contributed by atoms with E-state index >= 15 is 0 Å². The Hall–Kier alpha value is -1.55. The first-order chi connectivity index (χ1) is 7.22. The molecule has 0 aliphatic rings. The molecule has 15 heavy (non-hydrogen) atoms. The van der Waals surface area contributed by atoms with E-state index in [0.29, 0.717) is 0 Å². The van der Waals surface area contributed by atoms with Gasteiger partial charge in [0.15, 0.2) is 0 Å². The molecule has 2 amide bonds. The van der Waals surface area contributed by atoms with Gasteiger partial charge in [-0.05, 0) is 24.0 Å². The Morgan fingerprint density at radius 2 is 1.80 bits per heavy atom. The Morgan fingerprint density at radius 1 is 1.27 bits per heavy atom. The topological polar surface area (TPSA) is 67.2 Å². The zero-order valence-corrected chi connectivity index (χ0v) is 9.13. The van der Waals surface area contributed by atoms with E-state index in [2.05, 4.69) is 24.6 Å². The maximum absolute atomic E-state index is 11.2. The molecule has 1 aromatic rings. The molecule has 0 bridgehead atoms. The summed E-state index contributed by atoms with van der Waals surface area (Å²) in [6, 6.07) is 5.63. The minimum atomic E-state index is -0.384. The molecule has 0 saturated carbocycles. The predicted molar refractivity (Wildman–Crippen MR) is 61.5 cm³/mol. The van der Waals surface area contributed by atoms with Crippen molar-refractivity contribution in [2.75, 3.05) is 5.32 Å². The largest absolute Gasteiger partial charge is 0.333 e. The van der Waals surface area contributed by atoms with Crippen molar-refractivity contribution in [3.8, 4) is 0 Å². The minimum Gasteiger partial charge on any atom is -0.306 e. The number of hydrazine groups is 1. The summed E-state index contributed by atoms with van der Waals surface area (Å²) in [5.74, 6) is 5.04. The molecular formula is C11H17N3O. The monoisotopic (exact) mass is 207 g/mol. The number of urea groups is 1. The van der Waals surface area contributed by atoms with E-state index in [1.54, 1.807) is 0 Å². The van der Waals surface area contributed by atoms with Gasteiger partial charge in [0.05, 0.1) is 0 Å². The minimum absolute atomic E-state index is 0.384. The van der Waals surface area contributed by atoms with Crippen LogP contribution in [0.15, 0.2) is 18.2 Å². The van der Waals surface area contributed by atoms with Gasteiger partial charge < -0.3 is 5.32 Å². The van der Waals surface area contributed by atoms with Gasteiger partial charge in [0.2, 0.25) is 0 Å². The van der Waals surface area contributed by atoms with E-state index in [-0.39, 0.29) is 6.03 Å². The first-order valence-corrected chi connectivity index (χ1v) is 5.11. The fourth-order valence-corrected chi connectivity index (χ4v) is 1.55. The van der Waals surface area contributed by atoms with Crippen molar-refractivity contribution >= 4 is 11.7 Å². The zero-order chi connectivity index (χ0) is 11.3. The van der Waals surface area contributed by atoms with Crippen molar-refractivity contribution in [2.24, 2.45) is 5.84 Å². The Balaban J connectivity index is 3.05. The molecule has 0 aliphatic heterocycles. The number of anilines is 1. The van der Waals surface area contributed by atoms with Gasteiger partial charge in [0.1, 0.15) is 0 Å².